The Morgan fingerprint density at radius 1 is 1.06 bits per heavy atom. The maximum absolute atomic E-state index is 13.8. The summed E-state index contributed by atoms with van der Waals surface area (Å²) in [7, 11) is -1.97. The topological polar surface area (TPSA) is 40.5 Å². The molecular weight excluding hydrogens is 237 g/mol. The van der Waals surface area contributed by atoms with Gasteiger partial charge in [-0.05, 0) is 17.9 Å². The van der Waals surface area contributed by atoms with Crippen molar-refractivity contribution < 1.29 is 18.8 Å². The summed E-state index contributed by atoms with van der Waals surface area (Å²) in [5.74, 6) is -1.66. The Kier molecular flexibility index (Phi) is 4.35. The van der Waals surface area contributed by atoms with Crippen molar-refractivity contribution in [1.82, 2.24) is 0 Å². The van der Waals surface area contributed by atoms with Crippen LogP contribution in [0.1, 0.15) is 37.7 Å². The largest absolute Gasteiger partial charge is 0.491 e. The van der Waals surface area contributed by atoms with Crippen LogP contribution in [0.15, 0.2) is 12.1 Å². The van der Waals surface area contributed by atoms with Gasteiger partial charge in [-0.1, -0.05) is 44.2 Å². The van der Waals surface area contributed by atoms with Crippen LogP contribution in [-0.2, 0) is 6.42 Å². The van der Waals surface area contributed by atoms with Crippen molar-refractivity contribution in [2.75, 3.05) is 0 Å². The molecule has 1 aliphatic rings. The molecule has 1 saturated carbocycles. The highest BCUT2D eigenvalue weighted by atomic mass is 19.2. The lowest BCUT2D eigenvalue weighted by molar-refractivity contribution is 0.351. The molecule has 18 heavy (non-hydrogen) atoms. The number of rotatable bonds is 3. The summed E-state index contributed by atoms with van der Waals surface area (Å²) in [6.45, 7) is 0. The fourth-order valence-electron chi connectivity index (χ4n) is 2.66. The van der Waals surface area contributed by atoms with E-state index in [0.29, 0.717) is 17.9 Å². The van der Waals surface area contributed by atoms with Crippen molar-refractivity contribution >= 4 is 12.6 Å². The maximum Gasteiger partial charge on any atom is 0.491 e. The quantitative estimate of drug-likeness (QED) is 0.807. The van der Waals surface area contributed by atoms with Crippen LogP contribution in [0.5, 0.6) is 0 Å². The molecule has 2 nitrogen and oxygen atoms in total. The Bertz CT molecular complexity index is 418. The van der Waals surface area contributed by atoms with Gasteiger partial charge in [0.25, 0.3) is 0 Å². The Morgan fingerprint density at radius 3 is 2.33 bits per heavy atom. The maximum atomic E-state index is 13.8. The van der Waals surface area contributed by atoms with Crippen LogP contribution < -0.4 is 5.46 Å². The fourth-order valence-corrected chi connectivity index (χ4v) is 2.66. The van der Waals surface area contributed by atoms with Gasteiger partial charge in [-0.3, -0.25) is 0 Å². The molecule has 2 rings (SSSR count). The molecule has 0 atom stereocenters. The van der Waals surface area contributed by atoms with E-state index in [1.54, 1.807) is 0 Å². The summed E-state index contributed by atoms with van der Waals surface area (Å²) in [5.41, 5.74) is -0.0660. The summed E-state index contributed by atoms with van der Waals surface area (Å²) in [6.07, 6.45) is 6.19. The van der Waals surface area contributed by atoms with Gasteiger partial charge in [-0.2, -0.15) is 0 Å². The summed E-state index contributed by atoms with van der Waals surface area (Å²) in [5, 5.41) is 17.8. The molecule has 0 spiro atoms. The minimum atomic E-state index is -1.97. The van der Waals surface area contributed by atoms with Crippen LogP contribution >= 0.6 is 0 Å². The first-order valence-electron chi connectivity index (χ1n) is 6.42. The van der Waals surface area contributed by atoms with Crippen molar-refractivity contribution in [2.45, 2.75) is 38.5 Å². The fraction of sp³-hybridized carbons (Fsp3) is 0.538. The molecule has 0 radical (unpaired) electrons. The average Bonchev–Trinajstić information content (AvgIpc) is 2.36. The second kappa shape index (κ2) is 5.80. The van der Waals surface area contributed by atoms with Gasteiger partial charge in [0.1, 0.15) is 0 Å². The van der Waals surface area contributed by atoms with Gasteiger partial charge < -0.3 is 10.0 Å². The minimum Gasteiger partial charge on any atom is -0.423 e. The van der Waals surface area contributed by atoms with Crippen molar-refractivity contribution in [1.29, 1.82) is 0 Å². The van der Waals surface area contributed by atoms with E-state index in [1.807, 2.05) is 0 Å². The highest BCUT2D eigenvalue weighted by Crippen LogP contribution is 2.27. The van der Waals surface area contributed by atoms with Gasteiger partial charge in [-0.25, -0.2) is 8.78 Å². The predicted molar refractivity (Wildman–Crippen MR) is 66.5 cm³/mol. The zero-order chi connectivity index (χ0) is 13.1. The first-order valence-corrected chi connectivity index (χ1v) is 6.42. The number of halogens is 2. The molecular formula is C13H17BF2O2. The average molecular weight is 254 g/mol. The van der Waals surface area contributed by atoms with Crippen molar-refractivity contribution in [3.8, 4) is 0 Å². The van der Waals surface area contributed by atoms with Crippen molar-refractivity contribution in [3.05, 3.63) is 29.3 Å². The second-order valence-corrected chi connectivity index (χ2v) is 5.02. The van der Waals surface area contributed by atoms with E-state index in [9.17, 15) is 8.78 Å². The lowest BCUT2D eigenvalue weighted by Crippen LogP contribution is -2.34. The molecule has 1 aromatic carbocycles. The van der Waals surface area contributed by atoms with Gasteiger partial charge in [0.05, 0.1) is 0 Å². The standard InChI is InChI=1S/C13H17BF2O2/c15-12-10(8-9-4-2-1-3-5-9)6-7-11(13(12)16)14(17)18/h6-7,9,17-18H,1-5,8H2. The highest BCUT2D eigenvalue weighted by Gasteiger charge is 2.23. The third-order valence-electron chi connectivity index (χ3n) is 3.70. The summed E-state index contributed by atoms with van der Waals surface area (Å²) in [6, 6.07) is 2.71. The summed E-state index contributed by atoms with van der Waals surface area (Å²) in [4.78, 5) is 0. The normalized spacial score (nSPS) is 16.9. The third kappa shape index (κ3) is 2.90. The predicted octanol–water partition coefficient (Wildman–Crippen LogP) is 1.77. The summed E-state index contributed by atoms with van der Waals surface area (Å²) >= 11 is 0. The highest BCUT2D eigenvalue weighted by molar-refractivity contribution is 6.58. The van der Waals surface area contributed by atoms with Crippen LogP contribution in [0.2, 0.25) is 0 Å². The van der Waals surface area contributed by atoms with Gasteiger partial charge in [-0.15, -0.1) is 0 Å². The zero-order valence-electron chi connectivity index (χ0n) is 10.2. The monoisotopic (exact) mass is 254 g/mol. The summed E-state index contributed by atoms with van der Waals surface area (Å²) < 4.78 is 27.4. The lowest BCUT2D eigenvalue weighted by atomic mass is 9.78. The van der Waals surface area contributed by atoms with E-state index in [4.69, 9.17) is 10.0 Å². The van der Waals surface area contributed by atoms with Crippen molar-refractivity contribution in [2.24, 2.45) is 5.92 Å². The van der Waals surface area contributed by atoms with Crippen molar-refractivity contribution in [3.63, 3.8) is 0 Å². The molecule has 1 aromatic rings. The number of hydrogen-bond acceptors (Lipinski definition) is 2. The van der Waals surface area contributed by atoms with Crippen LogP contribution in [-0.4, -0.2) is 17.2 Å². The van der Waals surface area contributed by atoms with Crippen LogP contribution in [0.3, 0.4) is 0 Å². The molecule has 0 heterocycles. The van der Waals surface area contributed by atoms with Gasteiger partial charge in [0.2, 0.25) is 0 Å². The molecule has 1 fully saturated rings. The molecule has 2 N–H and O–H groups in total. The van der Waals surface area contributed by atoms with Gasteiger partial charge >= 0.3 is 7.12 Å². The van der Waals surface area contributed by atoms with Gasteiger partial charge in [0.15, 0.2) is 11.6 Å². The minimum absolute atomic E-state index is 0.337. The van der Waals surface area contributed by atoms with Crippen LogP contribution in [0.4, 0.5) is 8.78 Å². The van der Waals surface area contributed by atoms with E-state index in [1.165, 1.54) is 18.6 Å². The Morgan fingerprint density at radius 2 is 1.72 bits per heavy atom. The number of hydrogen-bond donors (Lipinski definition) is 2. The molecule has 1 aliphatic carbocycles. The van der Waals surface area contributed by atoms with E-state index in [0.717, 1.165) is 25.7 Å². The second-order valence-electron chi connectivity index (χ2n) is 5.02. The van der Waals surface area contributed by atoms with Crippen LogP contribution in [0.25, 0.3) is 0 Å². The Hall–Kier alpha value is -0.935. The molecule has 0 aliphatic heterocycles. The molecule has 0 unspecified atom stereocenters. The van der Waals surface area contributed by atoms with Gasteiger partial charge in [0, 0.05) is 5.46 Å². The Balaban J connectivity index is 2.16. The van der Waals surface area contributed by atoms with Crippen LogP contribution in [0, 0.1) is 17.6 Å². The van der Waals surface area contributed by atoms with E-state index >= 15 is 0 Å². The molecule has 0 bridgehead atoms. The lowest BCUT2D eigenvalue weighted by Gasteiger charge is -2.22. The smallest absolute Gasteiger partial charge is 0.423 e. The Labute approximate surface area is 106 Å². The van der Waals surface area contributed by atoms with E-state index in [2.05, 4.69) is 0 Å². The third-order valence-corrected chi connectivity index (χ3v) is 3.70. The first kappa shape index (κ1) is 13.5. The first-order chi connectivity index (χ1) is 8.59. The molecule has 0 amide bonds. The number of benzene rings is 1. The molecule has 0 aromatic heterocycles. The SMILES string of the molecule is OB(O)c1ccc(CC2CCCCC2)c(F)c1F. The van der Waals surface area contributed by atoms with E-state index < -0.39 is 24.2 Å². The molecule has 5 heteroatoms. The van der Waals surface area contributed by atoms with E-state index in [-0.39, 0.29) is 0 Å². The molecule has 0 saturated heterocycles. The zero-order valence-corrected chi connectivity index (χ0v) is 10.2. The molecule has 98 valence electrons.